The monoisotopic (exact) mass is 277 g/mol. The summed E-state index contributed by atoms with van der Waals surface area (Å²) in [5, 5.41) is 0. The van der Waals surface area contributed by atoms with Crippen molar-refractivity contribution in [3.8, 4) is 0 Å². The van der Waals surface area contributed by atoms with Gasteiger partial charge in [-0.25, -0.2) is 4.90 Å². The Bertz CT molecular complexity index is 748. The summed E-state index contributed by atoms with van der Waals surface area (Å²) in [5.41, 5.74) is 0.745. The number of carbonyl (C=O) groups excluding carboxylic acids is 3. The molecule has 0 bridgehead atoms. The Hall–Kier alpha value is -3.01. The normalized spacial score (nSPS) is 14.3. The first kappa shape index (κ1) is 13.0. The number of ketones is 1. The van der Waals surface area contributed by atoms with Gasteiger partial charge in [0, 0.05) is 11.6 Å². The van der Waals surface area contributed by atoms with Crippen LogP contribution < -0.4 is 4.90 Å². The number of nitrogens with zero attached hydrogens (tertiary/aromatic N) is 1. The van der Waals surface area contributed by atoms with Crippen LogP contribution in [0.15, 0.2) is 72.3 Å². The van der Waals surface area contributed by atoms with Crippen LogP contribution in [-0.2, 0) is 9.59 Å². The van der Waals surface area contributed by atoms with Crippen molar-refractivity contribution >= 4 is 23.3 Å². The van der Waals surface area contributed by atoms with Crippen molar-refractivity contribution in [3.05, 3.63) is 77.9 Å². The lowest BCUT2D eigenvalue weighted by Crippen LogP contribution is -2.31. The summed E-state index contributed by atoms with van der Waals surface area (Å²) in [7, 11) is 0. The predicted octanol–water partition coefficient (Wildman–Crippen LogP) is 2.37. The van der Waals surface area contributed by atoms with Crippen LogP contribution in [0.5, 0.6) is 0 Å². The zero-order chi connectivity index (χ0) is 14.8. The standard InChI is InChI=1S/C17H11NO3/c19-15-11-14(16(20)12-7-3-1-4-8-12)17(21)18(15)13-9-5-2-6-10-13/h1-11H. The van der Waals surface area contributed by atoms with Gasteiger partial charge in [-0.1, -0.05) is 48.5 Å². The first-order chi connectivity index (χ1) is 10.2. The lowest BCUT2D eigenvalue weighted by molar-refractivity contribution is -0.120. The van der Waals surface area contributed by atoms with Gasteiger partial charge in [-0.15, -0.1) is 0 Å². The molecular formula is C17H11NO3. The van der Waals surface area contributed by atoms with Crippen molar-refractivity contribution in [1.29, 1.82) is 0 Å². The molecule has 0 fully saturated rings. The van der Waals surface area contributed by atoms with Gasteiger partial charge in [0.25, 0.3) is 11.8 Å². The summed E-state index contributed by atoms with van der Waals surface area (Å²) in [6.45, 7) is 0. The van der Waals surface area contributed by atoms with Crippen LogP contribution in [0, 0.1) is 0 Å². The zero-order valence-corrected chi connectivity index (χ0v) is 11.0. The topological polar surface area (TPSA) is 54.5 Å². The Kier molecular flexibility index (Phi) is 3.20. The Morgan fingerprint density at radius 3 is 2.00 bits per heavy atom. The van der Waals surface area contributed by atoms with E-state index in [-0.39, 0.29) is 5.57 Å². The number of hydrogen-bond donors (Lipinski definition) is 0. The highest BCUT2D eigenvalue weighted by atomic mass is 16.2. The molecule has 2 amide bonds. The fourth-order valence-electron chi connectivity index (χ4n) is 2.20. The lowest BCUT2D eigenvalue weighted by atomic mass is 10.0. The van der Waals surface area contributed by atoms with Gasteiger partial charge >= 0.3 is 0 Å². The third kappa shape index (κ3) is 2.27. The summed E-state index contributed by atoms with van der Waals surface area (Å²) < 4.78 is 0. The number of rotatable bonds is 3. The van der Waals surface area contributed by atoms with Crippen LogP contribution in [0.2, 0.25) is 0 Å². The van der Waals surface area contributed by atoms with Gasteiger partial charge in [0.15, 0.2) is 5.78 Å². The van der Waals surface area contributed by atoms with Gasteiger partial charge in [0.05, 0.1) is 11.3 Å². The summed E-state index contributed by atoms with van der Waals surface area (Å²) in [4.78, 5) is 37.7. The van der Waals surface area contributed by atoms with E-state index in [1.807, 2.05) is 0 Å². The highest BCUT2D eigenvalue weighted by Crippen LogP contribution is 2.24. The Balaban J connectivity index is 1.93. The van der Waals surface area contributed by atoms with Gasteiger partial charge in [0.2, 0.25) is 0 Å². The van der Waals surface area contributed by atoms with Crippen LogP contribution >= 0.6 is 0 Å². The van der Waals surface area contributed by atoms with Crippen LogP contribution in [0.3, 0.4) is 0 Å². The Morgan fingerprint density at radius 1 is 0.810 bits per heavy atom. The molecule has 2 aromatic rings. The molecule has 0 unspecified atom stereocenters. The minimum Gasteiger partial charge on any atom is -0.288 e. The van der Waals surface area contributed by atoms with Crippen molar-refractivity contribution < 1.29 is 14.4 Å². The first-order valence-electron chi connectivity index (χ1n) is 6.43. The molecule has 0 spiro atoms. The fourth-order valence-corrected chi connectivity index (χ4v) is 2.20. The molecule has 4 heteroatoms. The Labute approximate surface area is 121 Å². The minimum atomic E-state index is -0.583. The maximum Gasteiger partial charge on any atom is 0.269 e. The van der Waals surface area contributed by atoms with Gasteiger partial charge in [0.1, 0.15) is 0 Å². The van der Waals surface area contributed by atoms with Gasteiger partial charge in [-0.2, -0.15) is 0 Å². The van der Waals surface area contributed by atoms with E-state index in [2.05, 4.69) is 0 Å². The molecule has 2 aromatic carbocycles. The number of Topliss-reactive ketones (excluding diaryl/α,β-unsaturated/α-hetero) is 1. The minimum absolute atomic E-state index is 0.102. The van der Waals surface area contributed by atoms with E-state index in [9.17, 15) is 14.4 Å². The Morgan fingerprint density at radius 2 is 1.38 bits per heavy atom. The highest BCUT2D eigenvalue weighted by Gasteiger charge is 2.36. The molecule has 1 aliphatic heterocycles. The molecule has 0 saturated heterocycles. The lowest BCUT2D eigenvalue weighted by Gasteiger charge is -2.14. The summed E-state index contributed by atoms with van der Waals surface area (Å²) >= 11 is 0. The molecule has 0 aromatic heterocycles. The van der Waals surface area contributed by atoms with Crippen molar-refractivity contribution in [2.45, 2.75) is 0 Å². The molecule has 0 N–H and O–H groups in total. The van der Waals surface area contributed by atoms with E-state index >= 15 is 0 Å². The number of amides is 2. The second-order valence-corrected chi connectivity index (χ2v) is 4.57. The summed E-state index contributed by atoms with van der Waals surface area (Å²) in [5.74, 6) is -1.52. The molecule has 0 aliphatic carbocycles. The molecule has 0 radical (unpaired) electrons. The molecule has 3 rings (SSSR count). The quantitative estimate of drug-likeness (QED) is 0.491. The third-order valence-electron chi connectivity index (χ3n) is 3.22. The largest absolute Gasteiger partial charge is 0.288 e. The average Bonchev–Trinajstić information content (AvgIpc) is 2.83. The molecule has 1 aliphatic rings. The zero-order valence-electron chi connectivity index (χ0n) is 11.0. The molecule has 21 heavy (non-hydrogen) atoms. The van der Waals surface area contributed by atoms with E-state index in [4.69, 9.17) is 0 Å². The average molecular weight is 277 g/mol. The van der Waals surface area contributed by atoms with Crippen LogP contribution in [0.25, 0.3) is 0 Å². The molecular weight excluding hydrogens is 266 g/mol. The molecule has 0 saturated carbocycles. The van der Waals surface area contributed by atoms with Gasteiger partial charge in [-0.05, 0) is 12.1 Å². The van der Waals surface area contributed by atoms with E-state index in [0.717, 1.165) is 11.0 Å². The number of imide groups is 1. The van der Waals surface area contributed by atoms with E-state index in [1.54, 1.807) is 60.7 Å². The summed E-state index contributed by atoms with van der Waals surface area (Å²) in [6, 6.07) is 17.0. The highest BCUT2D eigenvalue weighted by molar-refractivity contribution is 6.41. The van der Waals surface area contributed by atoms with Crippen LogP contribution in [-0.4, -0.2) is 17.6 Å². The van der Waals surface area contributed by atoms with Crippen molar-refractivity contribution in [1.82, 2.24) is 0 Å². The number of hydrogen-bond acceptors (Lipinski definition) is 3. The second-order valence-electron chi connectivity index (χ2n) is 4.57. The molecule has 4 nitrogen and oxygen atoms in total. The van der Waals surface area contributed by atoms with Crippen LogP contribution in [0.4, 0.5) is 5.69 Å². The van der Waals surface area contributed by atoms with Crippen molar-refractivity contribution in [3.63, 3.8) is 0 Å². The number of benzene rings is 2. The molecule has 0 atom stereocenters. The van der Waals surface area contributed by atoms with Crippen molar-refractivity contribution in [2.75, 3.05) is 4.90 Å². The second kappa shape index (κ2) is 5.17. The first-order valence-corrected chi connectivity index (χ1v) is 6.43. The maximum absolute atomic E-state index is 12.3. The smallest absolute Gasteiger partial charge is 0.269 e. The third-order valence-corrected chi connectivity index (χ3v) is 3.22. The number of para-hydroxylation sites is 1. The van der Waals surface area contributed by atoms with E-state index in [0.29, 0.717) is 11.3 Å². The number of carbonyl (C=O) groups is 3. The van der Waals surface area contributed by atoms with Crippen LogP contribution in [0.1, 0.15) is 10.4 Å². The fraction of sp³-hybridized carbons (Fsp3) is 0. The van der Waals surface area contributed by atoms with Gasteiger partial charge in [-0.3, -0.25) is 14.4 Å². The molecule has 1 heterocycles. The predicted molar refractivity (Wildman–Crippen MR) is 77.8 cm³/mol. The SMILES string of the molecule is O=C(C1=CC(=O)N(c2ccccc2)C1=O)c1ccccc1. The molecule has 102 valence electrons. The van der Waals surface area contributed by atoms with E-state index < -0.39 is 17.6 Å². The summed E-state index contributed by atoms with van der Waals surface area (Å²) in [6.07, 6.45) is 1.10. The number of anilines is 1. The van der Waals surface area contributed by atoms with Crippen molar-refractivity contribution in [2.24, 2.45) is 0 Å². The van der Waals surface area contributed by atoms with Gasteiger partial charge < -0.3 is 0 Å². The van der Waals surface area contributed by atoms with E-state index in [1.165, 1.54) is 0 Å². The maximum atomic E-state index is 12.3.